The molecule has 1 unspecified atom stereocenters. The fourth-order valence-corrected chi connectivity index (χ4v) is 3.32. The number of aldehydes is 1. The van der Waals surface area contributed by atoms with E-state index in [1.807, 2.05) is 57.0 Å². The van der Waals surface area contributed by atoms with Crippen LogP contribution in [-0.4, -0.2) is 41.0 Å². The Balaban J connectivity index is 2.73. The number of benzene rings is 1. The number of aliphatic imine (C=N–C) groups is 1. The summed E-state index contributed by atoms with van der Waals surface area (Å²) in [4.78, 5) is 15.9. The van der Waals surface area contributed by atoms with Crippen LogP contribution in [0.1, 0.15) is 48.3 Å². The Morgan fingerprint density at radius 3 is 2.60 bits per heavy atom. The molecule has 1 atom stereocenters. The van der Waals surface area contributed by atoms with Crippen molar-refractivity contribution in [3.8, 4) is 0 Å². The molecule has 6 nitrogen and oxygen atoms in total. The van der Waals surface area contributed by atoms with Crippen LogP contribution >= 0.6 is 11.6 Å². The van der Waals surface area contributed by atoms with E-state index in [4.69, 9.17) is 21.7 Å². The SMILES string of the molecule is C=C(CCC)c1nn(C)c(C)c1C(N=C(/C=C\C=O)NN(C)C)c1ccc(Cl)cc1. The predicted molar refractivity (Wildman–Crippen MR) is 125 cm³/mol. The molecule has 1 N–H and O–H groups in total. The molecular formula is C23H30ClN5O. The van der Waals surface area contributed by atoms with Crippen LogP contribution in [0.3, 0.4) is 0 Å². The van der Waals surface area contributed by atoms with Gasteiger partial charge in [-0.15, -0.1) is 0 Å². The number of carbonyl (C=O) groups excluding carboxylic acids is 1. The zero-order valence-electron chi connectivity index (χ0n) is 18.3. The Kier molecular flexibility index (Phi) is 8.57. The number of nitrogens with one attached hydrogen (secondary N) is 1. The van der Waals surface area contributed by atoms with E-state index in [-0.39, 0.29) is 6.04 Å². The lowest BCUT2D eigenvalue weighted by Crippen LogP contribution is -2.35. The second-order valence-corrected chi connectivity index (χ2v) is 7.73. The standard InChI is InChI=1S/C23H30ClN5O/c1-7-9-16(2)22-21(17(3)29(6)27-22)23(18-11-13-19(24)14-12-18)25-20(10-8-15-30)26-28(4)5/h8,10-15,23H,2,7,9H2,1,3-6H3,(H,25,26)/b10-8-. The van der Waals surface area contributed by atoms with Gasteiger partial charge in [-0.2, -0.15) is 5.10 Å². The average Bonchev–Trinajstić information content (AvgIpc) is 2.99. The van der Waals surface area contributed by atoms with Crippen molar-refractivity contribution in [1.82, 2.24) is 20.2 Å². The van der Waals surface area contributed by atoms with Gasteiger partial charge in [0.05, 0.1) is 5.69 Å². The zero-order valence-corrected chi connectivity index (χ0v) is 19.1. The molecule has 160 valence electrons. The van der Waals surface area contributed by atoms with E-state index < -0.39 is 0 Å². The summed E-state index contributed by atoms with van der Waals surface area (Å²) in [6, 6.07) is 7.29. The van der Waals surface area contributed by atoms with Gasteiger partial charge < -0.3 is 5.43 Å². The van der Waals surface area contributed by atoms with E-state index in [0.717, 1.165) is 47.2 Å². The first-order valence-corrected chi connectivity index (χ1v) is 10.3. The number of aryl methyl sites for hydroxylation is 1. The number of rotatable bonds is 9. The topological polar surface area (TPSA) is 62.5 Å². The summed E-state index contributed by atoms with van der Waals surface area (Å²) in [7, 11) is 5.66. The molecule has 0 saturated heterocycles. The molecule has 1 heterocycles. The number of allylic oxidation sites excluding steroid dienone is 2. The zero-order chi connectivity index (χ0) is 22.3. The number of halogens is 1. The highest BCUT2D eigenvalue weighted by Gasteiger charge is 2.25. The van der Waals surface area contributed by atoms with E-state index >= 15 is 0 Å². The molecule has 0 saturated carbocycles. The van der Waals surface area contributed by atoms with Crippen LogP contribution in [-0.2, 0) is 11.8 Å². The van der Waals surface area contributed by atoms with Gasteiger partial charge >= 0.3 is 0 Å². The van der Waals surface area contributed by atoms with Gasteiger partial charge in [-0.25, -0.2) is 5.01 Å². The predicted octanol–water partition coefficient (Wildman–Crippen LogP) is 4.50. The third-order valence-corrected chi connectivity index (χ3v) is 4.92. The van der Waals surface area contributed by atoms with Crippen molar-refractivity contribution in [1.29, 1.82) is 0 Å². The molecule has 2 aromatic rings. The largest absolute Gasteiger partial charge is 0.304 e. The van der Waals surface area contributed by atoms with E-state index in [0.29, 0.717) is 10.9 Å². The van der Waals surface area contributed by atoms with Crippen molar-refractivity contribution >= 4 is 29.3 Å². The normalized spacial score (nSPS) is 13.1. The van der Waals surface area contributed by atoms with Crippen LogP contribution in [0.25, 0.3) is 5.57 Å². The summed E-state index contributed by atoms with van der Waals surface area (Å²) in [5.41, 5.74) is 7.98. The quantitative estimate of drug-likeness (QED) is 0.210. The van der Waals surface area contributed by atoms with Crippen molar-refractivity contribution in [2.24, 2.45) is 12.0 Å². The van der Waals surface area contributed by atoms with Crippen molar-refractivity contribution in [3.05, 3.63) is 70.5 Å². The molecule has 1 aromatic carbocycles. The Bertz CT molecular complexity index is 941. The summed E-state index contributed by atoms with van der Waals surface area (Å²) >= 11 is 6.13. The number of nitrogens with zero attached hydrogens (tertiary/aromatic N) is 4. The molecule has 0 bridgehead atoms. The summed E-state index contributed by atoms with van der Waals surface area (Å²) in [5.74, 6) is 0.558. The first kappa shape index (κ1) is 23.6. The molecule has 1 aromatic heterocycles. The molecule has 0 aliphatic rings. The molecule has 0 amide bonds. The molecule has 7 heteroatoms. The van der Waals surface area contributed by atoms with Gasteiger partial charge in [0.25, 0.3) is 0 Å². The average molecular weight is 428 g/mol. The smallest absolute Gasteiger partial charge is 0.142 e. The monoisotopic (exact) mass is 427 g/mol. The number of hydrogen-bond donors (Lipinski definition) is 1. The van der Waals surface area contributed by atoms with Crippen molar-refractivity contribution in [2.45, 2.75) is 32.7 Å². The molecule has 0 aliphatic heterocycles. The third-order valence-electron chi connectivity index (χ3n) is 4.67. The van der Waals surface area contributed by atoms with Gasteiger partial charge in [-0.1, -0.05) is 43.7 Å². The van der Waals surface area contributed by atoms with Crippen LogP contribution in [0.15, 0.2) is 48.0 Å². The highest BCUT2D eigenvalue weighted by molar-refractivity contribution is 6.30. The lowest BCUT2D eigenvalue weighted by Gasteiger charge is -2.20. The highest BCUT2D eigenvalue weighted by atomic mass is 35.5. The fourth-order valence-electron chi connectivity index (χ4n) is 3.19. The molecule has 30 heavy (non-hydrogen) atoms. The Hall–Kier alpha value is -2.70. The van der Waals surface area contributed by atoms with Crippen molar-refractivity contribution < 1.29 is 4.79 Å². The van der Waals surface area contributed by atoms with E-state index in [1.165, 1.54) is 6.08 Å². The lowest BCUT2D eigenvalue weighted by molar-refractivity contribution is -0.104. The van der Waals surface area contributed by atoms with Gasteiger partial charge in [0, 0.05) is 37.4 Å². The minimum absolute atomic E-state index is 0.349. The van der Waals surface area contributed by atoms with Gasteiger partial charge in [0.15, 0.2) is 0 Å². The number of carbonyl (C=O) groups is 1. The van der Waals surface area contributed by atoms with Crippen LogP contribution in [0.2, 0.25) is 5.02 Å². The molecule has 0 aliphatic carbocycles. The fraction of sp³-hybridized carbons (Fsp3) is 0.348. The maximum absolute atomic E-state index is 10.9. The Morgan fingerprint density at radius 2 is 2.03 bits per heavy atom. The van der Waals surface area contributed by atoms with Crippen molar-refractivity contribution in [3.63, 3.8) is 0 Å². The summed E-state index contributed by atoms with van der Waals surface area (Å²) in [6.45, 7) is 8.42. The number of hydrogen-bond acceptors (Lipinski definition) is 4. The Morgan fingerprint density at radius 1 is 1.37 bits per heavy atom. The summed E-state index contributed by atoms with van der Waals surface area (Å²) < 4.78 is 1.87. The minimum Gasteiger partial charge on any atom is -0.304 e. The van der Waals surface area contributed by atoms with Crippen LogP contribution in [0, 0.1) is 6.92 Å². The lowest BCUT2D eigenvalue weighted by atomic mass is 9.93. The maximum Gasteiger partial charge on any atom is 0.142 e. The second kappa shape index (κ2) is 10.9. The molecule has 0 spiro atoms. The number of aromatic nitrogens is 2. The minimum atomic E-state index is -0.349. The van der Waals surface area contributed by atoms with Crippen LogP contribution in [0.5, 0.6) is 0 Å². The maximum atomic E-state index is 10.9. The van der Waals surface area contributed by atoms with Gasteiger partial charge in [0.2, 0.25) is 0 Å². The van der Waals surface area contributed by atoms with Gasteiger partial charge in [0.1, 0.15) is 18.2 Å². The van der Waals surface area contributed by atoms with Crippen LogP contribution in [0.4, 0.5) is 0 Å². The number of amidine groups is 1. The molecular weight excluding hydrogens is 398 g/mol. The Labute approximate surface area is 183 Å². The first-order valence-electron chi connectivity index (χ1n) is 9.89. The third kappa shape index (κ3) is 5.90. The molecule has 2 rings (SSSR count). The second-order valence-electron chi connectivity index (χ2n) is 7.29. The first-order chi connectivity index (χ1) is 14.3. The van der Waals surface area contributed by atoms with Gasteiger partial charge in [-0.05, 0) is 48.8 Å². The van der Waals surface area contributed by atoms with E-state index in [9.17, 15) is 4.79 Å². The number of hydrazine groups is 1. The summed E-state index contributed by atoms with van der Waals surface area (Å²) in [6.07, 6.45) is 5.64. The molecule has 0 radical (unpaired) electrons. The molecule has 0 fully saturated rings. The van der Waals surface area contributed by atoms with Crippen molar-refractivity contribution in [2.75, 3.05) is 14.1 Å². The van der Waals surface area contributed by atoms with E-state index in [2.05, 4.69) is 18.9 Å². The highest BCUT2D eigenvalue weighted by Crippen LogP contribution is 2.35. The van der Waals surface area contributed by atoms with Crippen LogP contribution < -0.4 is 5.43 Å². The summed E-state index contributed by atoms with van der Waals surface area (Å²) in [5, 5.41) is 7.18. The van der Waals surface area contributed by atoms with Gasteiger partial charge in [-0.3, -0.25) is 14.5 Å². The van der Waals surface area contributed by atoms with E-state index in [1.54, 1.807) is 11.1 Å².